The Morgan fingerprint density at radius 1 is 1.09 bits per heavy atom. The Morgan fingerprint density at radius 2 is 1.95 bits per heavy atom. The van der Waals surface area contributed by atoms with Crippen molar-refractivity contribution in [2.24, 2.45) is 0 Å². The van der Waals surface area contributed by atoms with E-state index in [0.717, 1.165) is 32.8 Å². The molecule has 0 radical (unpaired) electrons. The molecule has 0 fully saturated rings. The van der Waals surface area contributed by atoms with Crippen LogP contribution in [0.5, 0.6) is 0 Å². The Morgan fingerprint density at radius 3 is 2.77 bits per heavy atom. The van der Waals surface area contributed by atoms with Gasteiger partial charge in [-0.1, -0.05) is 42.1 Å². The van der Waals surface area contributed by atoms with Crippen molar-refractivity contribution in [3.8, 4) is 22.6 Å². The van der Waals surface area contributed by atoms with Gasteiger partial charge in [0.15, 0.2) is 10.1 Å². The van der Waals surface area contributed by atoms with Crippen LogP contribution >= 0.6 is 23.1 Å². The Labute approximate surface area is 135 Å². The van der Waals surface area contributed by atoms with Gasteiger partial charge < -0.3 is 0 Å². The molecule has 0 N–H and O–H groups in total. The number of fused-ring (bicyclic) bond motifs is 1. The van der Waals surface area contributed by atoms with Gasteiger partial charge in [-0.2, -0.15) is 0 Å². The fraction of sp³-hybridized carbons (Fsp3) is 0.0625. The summed E-state index contributed by atoms with van der Waals surface area (Å²) in [7, 11) is 0. The van der Waals surface area contributed by atoms with Gasteiger partial charge in [-0.15, -0.1) is 11.3 Å². The van der Waals surface area contributed by atoms with Crippen molar-refractivity contribution < 1.29 is 0 Å². The Bertz CT molecular complexity index is 928. The first-order chi connectivity index (χ1) is 10.9. The molecule has 4 rings (SSSR count). The van der Waals surface area contributed by atoms with Crippen molar-refractivity contribution in [3.05, 3.63) is 54.2 Å². The monoisotopic (exact) mass is 324 g/mol. The second-order valence-corrected chi connectivity index (χ2v) is 6.31. The summed E-state index contributed by atoms with van der Waals surface area (Å²) in [6.45, 7) is 0. The van der Waals surface area contributed by atoms with Crippen molar-refractivity contribution in [1.29, 1.82) is 0 Å². The molecular weight excluding hydrogens is 312 g/mol. The molecule has 0 aliphatic heterocycles. The molecule has 3 aromatic heterocycles. The molecule has 0 aliphatic rings. The predicted molar refractivity (Wildman–Crippen MR) is 91.3 cm³/mol. The summed E-state index contributed by atoms with van der Waals surface area (Å²) in [6.07, 6.45) is 5.82. The van der Waals surface area contributed by atoms with Crippen LogP contribution in [0.25, 0.3) is 27.6 Å². The average molecular weight is 324 g/mol. The van der Waals surface area contributed by atoms with E-state index in [0.29, 0.717) is 0 Å². The Kier molecular flexibility index (Phi) is 3.40. The van der Waals surface area contributed by atoms with Gasteiger partial charge in [-0.3, -0.25) is 4.40 Å². The highest BCUT2D eigenvalue weighted by Gasteiger charge is 2.17. The van der Waals surface area contributed by atoms with Crippen LogP contribution in [-0.2, 0) is 0 Å². The largest absolute Gasteiger partial charge is 0.288 e. The first-order valence-electron chi connectivity index (χ1n) is 6.75. The van der Waals surface area contributed by atoms with Crippen molar-refractivity contribution in [1.82, 2.24) is 19.4 Å². The number of hydrogen-bond acceptors (Lipinski definition) is 5. The van der Waals surface area contributed by atoms with Crippen LogP contribution in [0.15, 0.2) is 59.3 Å². The average Bonchev–Trinajstić information content (AvgIpc) is 3.16. The fourth-order valence-electron chi connectivity index (χ4n) is 2.40. The smallest absolute Gasteiger partial charge is 0.194 e. The minimum atomic E-state index is 0.765. The van der Waals surface area contributed by atoms with Crippen molar-refractivity contribution >= 4 is 28.1 Å². The third-order valence-electron chi connectivity index (χ3n) is 3.37. The van der Waals surface area contributed by atoms with E-state index in [1.54, 1.807) is 29.3 Å². The SMILES string of the molecule is CSc1nccc(-c2c(-c3ccccc3)nc3sccn23)n1. The van der Waals surface area contributed by atoms with Gasteiger partial charge in [-0.25, -0.2) is 15.0 Å². The number of benzene rings is 1. The second-order valence-electron chi connectivity index (χ2n) is 4.66. The molecule has 0 bridgehead atoms. The highest BCUT2D eigenvalue weighted by atomic mass is 32.2. The summed E-state index contributed by atoms with van der Waals surface area (Å²) in [6, 6.07) is 12.2. The number of thiazole rings is 1. The number of hydrogen-bond donors (Lipinski definition) is 0. The number of rotatable bonds is 3. The van der Waals surface area contributed by atoms with Crippen LogP contribution in [0.3, 0.4) is 0 Å². The molecule has 4 aromatic rings. The van der Waals surface area contributed by atoms with E-state index >= 15 is 0 Å². The molecule has 0 amide bonds. The van der Waals surface area contributed by atoms with Gasteiger partial charge in [-0.05, 0) is 12.3 Å². The molecule has 108 valence electrons. The van der Waals surface area contributed by atoms with Gasteiger partial charge in [0, 0.05) is 23.3 Å². The highest BCUT2D eigenvalue weighted by molar-refractivity contribution is 7.98. The van der Waals surface area contributed by atoms with Gasteiger partial charge in [0.05, 0.1) is 11.4 Å². The summed E-state index contributed by atoms with van der Waals surface area (Å²) < 4.78 is 2.10. The van der Waals surface area contributed by atoms with Gasteiger partial charge >= 0.3 is 0 Å². The lowest BCUT2D eigenvalue weighted by Gasteiger charge is -2.05. The third-order valence-corrected chi connectivity index (χ3v) is 4.69. The summed E-state index contributed by atoms with van der Waals surface area (Å²) in [4.78, 5) is 14.7. The molecule has 4 nitrogen and oxygen atoms in total. The summed E-state index contributed by atoms with van der Waals surface area (Å²) in [5, 5.41) is 2.80. The molecule has 0 saturated heterocycles. The molecular formula is C16H12N4S2. The molecule has 0 atom stereocenters. The third kappa shape index (κ3) is 2.20. The zero-order chi connectivity index (χ0) is 14.9. The molecule has 3 heterocycles. The molecule has 0 spiro atoms. The lowest BCUT2D eigenvalue weighted by molar-refractivity contribution is 0.969. The maximum Gasteiger partial charge on any atom is 0.194 e. The number of nitrogens with zero attached hydrogens (tertiary/aromatic N) is 4. The molecule has 22 heavy (non-hydrogen) atoms. The topological polar surface area (TPSA) is 43.1 Å². The lowest BCUT2D eigenvalue weighted by atomic mass is 10.1. The zero-order valence-corrected chi connectivity index (χ0v) is 13.4. The van der Waals surface area contributed by atoms with Crippen molar-refractivity contribution in [2.75, 3.05) is 6.26 Å². The molecule has 0 aliphatic carbocycles. The zero-order valence-electron chi connectivity index (χ0n) is 11.8. The quantitative estimate of drug-likeness (QED) is 0.417. The van der Waals surface area contributed by atoms with Crippen LogP contribution in [-0.4, -0.2) is 25.6 Å². The molecule has 0 unspecified atom stereocenters. The summed E-state index contributed by atoms with van der Waals surface area (Å²) in [5.74, 6) is 0. The predicted octanol–water partition coefficient (Wildman–Crippen LogP) is 4.24. The van der Waals surface area contributed by atoms with Crippen LogP contribution in [0.4, 0.5) is 0 Å². The van der Waals surface area contributed by atoms with Crippen LogP contribution in [0, 0.1) is 0 Å². The number of aromatic nitrogens is 4. The minimum absolute atomic E-state index is 0.765. The van der Waals surface area contributed by atoms with E-state index < -0.39 is 0 Å². The summed E-state index contributed by atoms with van der Waals surface area (Å²) in [5.41, 5.74) is 3.96. The van der Waals surface area contributed by atoms with E-state index in [-0.39, 0.29) is 0 Å². The highest BCUT2D eigenvalue weighted by Crippen LogP contribution is 2.33. The second kappa shape index (κ2) is 5.55. The van der Waals surface area contributed by atoms with Gasteiger partial charge in [0.2, 0.25) is 0 Å². The van der Waals surface area contributed by atoms with Crippen LogP contribution < -0.4 is 0 Å². The Balaban J connectivity index is 2.00. The van der Waals surface area contributed by atoms with Crippen molar-refractivity contribution in [2.45, 2.75) is 5.16 Å². The Hall–Kier alpha value is -2.18. The van der Waals surface area contributed by atoms with E-state index in [2.05, 4.69) is 26.5 Å². The van der Waals surface area contributed by atoms with Crippen LogP contribution in [0.1, 0.15) is 0 Å². The van der Waals surface area contributed by atoms with E-state index in [1.165, 1.54) is 0 Å². The standard InChI is InChI=1S/C16H12N4S2/c1-21-15-17-8-7-12(18-15)14-13(11-5-3-2-4-6-11)19-16-20(14)9-10-22-16/h2-10H,1H3. The molecule has 6 heteroatoms. The van der Waals surface area contributed by atoms with Crippen molar-refractivity contribution in [3.63, 3.8) is 0 Å². The van der Waals surface area contributed by atoms with E-state index in [4.69, 9.17) is 4.98 Å². The lowest BCUT2D eigenvalue weighted by Crippen LogP contribution is -1.93. The first-order valence-corrected chi connectivity index (χ1v) is 8.85. The number of imidazole rings is 1. The van der Waals surface area contributed by atoms with Gasteiger partial charge in [0.25, 0.3) is 0 Å². The maximum absolute atomic E-state index is 4.79. The normalized spacial score (nSPS) is 11.1. The first kappa shape index (κ1) is 13.5. The van der Waals surface area contributed by atoms with E-state index in [1.807, 2.05) is 42.1 Å². The minimum Gasteiger partial charge on any atom is -0.288 e. The molecule has 0 saturated carbocycles. The summed E-state index contributed by atoms with van der Waals surface area (Å²) >= 11 is 3.16. The van der Waals surface area contributed by atoms with Gasteiger partial charge in [0.1, 0.15) is 5.69 Å². The van der Waals surface area contributed by atoms with Crippen LogP contribution in [0.2, 0.25) is 0 Å². The molecule has 1 aromatic carbocycles. The fourth-order valence-corrected chi connectivity index (χ4v) is 3.47. The maximum atomic E-state index is 4.79. The van der Waals surface area contributed by atoms with E-state index in [9.17, 15) is 0 Å². The number of thioether (sulfide) groups is 1.